The minimum Gasteiger partial charge on any atom is -0.493 e. The first-order chi connectivity index (χ1) is 16.8. The quantitative estimate of drug-likeness (QED) is 0.439. The number of amides is 1. The lowest BCUT2D eigenvalue weighted by Gasteiger charge is -2.20. The molecule has 0 N–H and O–H groups in total. The van der Waals surface area contributed by atoms with Gasteiger partial charge >= 0.3 is 0 Å². The standard InChI is InChI=1S/C26H34N2O6S/c1-4-17-35(30,31)27(2)15-16-33-23-12-9-21(18-25(23)32-3)28-14-13-24(26(28)29)34-22-10-7-20(8-11-22)19-5-6-19/h7-12,18-19,24H,4-6,13-17H2,1-3H3/t24-/m0/s1. The molecule has 0 radical (unpaired) electrons. The van der Waals surface area contributed by atoms with Crippen molar-refractivity contribution < 1.29 is 27.4 Å². The summed E-state index contributed by atoms with van der Waals surface area (Å²) in [5.41, 5.74) is 2.04. The van der Waals surface area contributed by atoms with Gasteiger partial charge in [-0.2, -0.15) is 0 Å². The van der Waals surface area contributed by atoms with E-state index in [9.17, 15) is 13.2 Å². The van der Waals surface area contributed by atoms with Crippen LogP contribution in [0.1, 0.15) is 44.1 Å². The van der Waals surface area contributed by atoms with Crippen LogP contribution >= 0.6 is 0 Å². The number of benzene rings is 2. The first-order valence-electron chi connectivity index (χ1n) is 12.1. The van der Waals surface area contributed by atoms with Gasteiger partial charge in [-0.1, -0.05) is 19.1 Å². The van der Waals surface area contributed by atoms with E-state index in [1.165, 1.54) is 29.8 Å². The van der Waals surface area contributed by atoms with Crippen LogP contribution < -0.4 is 19.1 Å². The van der Waals surface area contributed by atoms with Crippen molar-refractivity contribution in [3.8, 4) is 17.2 Å². The summed E-state index contributed by atoms with van der Waals surface area (Å²) in [4.78, 5) is 14.7. The number of methoxy groups -OCH3 is 1. The number of rotatable bonds is 12. The van der Waals surface area contributed by atoms with Crippen LogP contribution in [0.2, 0.25) is 0 Å². The molecular formula is C26H34N2O6S. The summed E-state index contributed by atoms with van der Waals surface area (Å²) in [6, 6.07) is 13.4. The van der Waals surface area contributed by atoms with Crippen LogP contribution in [0.4, 0.5) is 5.69 Å². The zero-order chi connectivity index (χ0) is 25.0. The SMILES string of the molecule is CCCS(=O)(=O)N(C)CCOc1ccc(N2CC[C@H](Oc3ccc(C4CC4)cc3)C2=O)cc1OC. The second kappa shape index (κ2) is 10.9. The van der Waals surface area contributed by atoms with Crippen molar-refractivity contribution in [2.75, 3.05) is 44.5 Å². The van der Waals surface area contributed by atoms with Gasteiger partial charge in [-0.05, 0) is 55.0 Å². The van der Waals surface area contributed by atoms with Gasteiger partial charge in [-0.15, -0.1) is 0 Å². The monoisotopic (exact) mass is 502 g/mol. The lowest BCUT2D eigenvalue weighted by molar-refractivity contribution is -0.122. The largest absolute Gasteiger partial charge is 0.493 e. The number of carbonyl (C=O) groups excluding carboxylic acids is 1. The van der Waals surface area contributed by atoms with E-state index in [1.54, 1.807) is 30.1 Å². The zero-order valence-corrected chi connectivity index (χ0v) is 21.4. The number of nitrogens with zero attached hydrogens (tertiary/aromatic N) is 2. The van der Waals surface area contributed by atoms with Crippen molar-refractivity contribution in [3.63, 3.8) is 0 Å². The third kappa shape index (κ3) is 6.08. The molecule has 2 aromatic carbocycles. The Bertz CT molecular complexity index is 1130. The van der Waals surface area contributed by atoms with Crippen LogP contribution in [0.25, 0.3) is 0 Å². The molecule has 2 fully saturated rings. The predicted octanol–water partition coefficient (Wildman–Crippen LogP) is 3.81. The molecule has 1 saturated carbocycles. The van der Waals surface area contributed by atoms with Gasteiger partial charge in [-0.25, -0.2) is 12.7 Å². The lowest BCUT2D eigenvalue weighted by Crippen LogP contribution is -2.32. The number of hydrogen-bond donors (Lipinski definition) is 0. The maximum absolute atomic E-state index is 13.0. The van der Waals surface area contributed by atoms with Gasteiger partial charge in [0.2, 0.25) is 10.0 Å². The van der Waals surface area contributed by atoms with Gasteiger partial charge in [0.25, 0.3) is 5.91 Å². The van der Waals surface area contributed by atoms with E-state index in [-0.39, 0.29) is 24.8 Å². The molecule has 2 aliphatic rings. The highest BCUT2D eigenvalue weighted by Gasteiger charge is 2.35. The molecule has 1 atom stereocenters. The first-order valence-corrected chi connectivity index (χ1v) is 13.8. The average molecular weight is 503 g/mol. The van der Waals surface area contributed by atoms with E-state index in [0.29, 0.717) is 48.2 Å². The van der Waals surface area contributed by atoms with Gasteiger partial charge in [0, 0.05) is 38.3 Å². The highest BCUT2D eigenvalue weighted by atomic mass is 32.2. The Morgan fingerprint density at radius 3 is 2.46 bits per heavy atom. The highest BCUT2D eigenvalue weighted by Crippen LogP contribution is 2.40. The number of sulfonamides is 1. The fraction of sp³-hybridized carbons (Fsp3) is 0.500. The number of carbonyl (C=O) groups is 1. The average Bonchev–Trinajstić information content (AvgIpc) is 3.64. The molecule has 9 heteroatoms. The van der Waals surface area contributed by atoms with Gasteiger partial charge in [-0.3, -0.25) is 4.79 Å². The summed E-state index contributed by atoms with van der Waals surface area (Å²) in [7, 11) is -0.186. The van der Waals surface area contributed by atoms with E-state index in [2.05, 4.69) is 12.1 Å². The van der Waals surface area contributed by atoms with Crippen molar-refractivity contribution >= 4 is 21.6 Å². The van der Waals surface area contributed by atoms with Crippen molar-refractivity contribution in [1.82, 2.24) is 4.31 Å². The van der Waals surface area contributed by atoms with Crippen LogP contribution in [0.3, 0.4) is 0 Å². The second-order valence-corrected chi connectivity index (χ2v) is 11.2. The molecule has 0 aromatic heterocycles. The number of anilines is 1. The molecule has 190 valence electrons. The number of likely N-dealkylation sites (N-methyl/N-ethyl adjacent to an activating group) is 1. The summed E-state index contributed by atoms with van der Waals surface area (Å²) in [6.07, 6.45) is 3.14. The van der Waals surface area contributed by atoms with E-state index in [1.807, 2.05) is 19.1 Å². The molecule has 1 aliphatic carbocycles. The first kappa shape index (κ1) is 25.3. The maximum Gasteiger partial charge on any atom is 0.268 e. The molecule has 4 rings (SSSR count). The normalized spacial score (nSPS) is 18.2. The van der Waals surface area contributed by atoms with Crippen molar-refractivity contribution in [3.05, 3.63) is 48.0 Å². The molecule has 1 heterocycles. The molecule has 0 bridgehead atoms. The van der Waals surface area contributed by atoms with E-state index >= 15 is 0 Å². The molecule has 8 nitrogen and oxygen atoms in total. The summed E-state index contributed by atoms with van der Waals surface area (Å²) in [6.45, 7) is 2.80. The lowest BCUT2D eigenvalue weighted by atomic mass is 10.1. The Labute approximate surface area is 207 Å². The predicted molar refractivity (Wildman–Crippen MR) is 135 cm³/mol. The van der Waals surface area contributed by atoms with E-state index < -0.39 is 16.1 Å². The van der Waals surface area contributed by atoms with Crippen molar-refractivity contribution in [1.29, 1.82) is 0 Å². The Hall–Kier alpha value is -2.78. The minimum atomic E-state index is -3.27. The van der Waals surface area contributed by atoms with Gasteiger partial charge in [0.15, 0.2) is 17.6 Å². The fourth-order valence-corrected chi connectivity index (χ4v) is 5.38. The molecule has 2 aromatic rings. The molecule has 1 amide bonds. The Kier molecular flexibility index (Phi) is 7.86. The summed E-state index contributed by atoms with van der Waals surface area (Å²) in [5.74, 6) is 2.39. The summed E-state index contributed by atoms with van der Waals surface area (Å²) >= 11 is 0. The summed E-state index contributed by atoms with van der Waals surface area (Å²) in [5, 5.41) is 0. The molecule has 0 spiro atoms. The molecule has 0 unspecified atom stereocenters. The number of hydrogen-bond acceptors (Lipinski definition) is 6. The topological polar surface area (TPSA) is 85.4 Å². The van der Waals surface area contributed by atoms with Crippen LogP contribution in [-0.4, -0.2) is 64.3 Å². The van der Waals surface area contributed by atoms with Gasteiger partial charge in [0.05, 0.1) is 12.9 Å². The van der Waals surface area contributed by atoms with E-state index in [0.717, 1.165) is 0 Å². The second-order valence-electron chi connectivity index (χ2n) is 9.05. The zero-order valence-electron chi connectivity index (χ0n) is 20.6. The highest BCUT2D eigenvalue weighted by molar-refractivity contribution is 7.89. The van der Waals surface area contributed by atoms with E-state index in [4.69, 9.17) is 14.2 Å². The van der Waals surface area contributed by atoms with Crippen LogP contribution in [0, 0.1) is 0 Å². The summed E-state index contributed by atoms with van der Waals surface area (Å²) < 4.78 is 42.8. The van der Waals surface area contributed by atoms with Gasteiger partial charge < -0.3 is 19.1 Å². The smallest absolute Gasteiger partial charge is 0.268 e. The molecular weight excluding hydrogens is 468 g/mol. The third-order valence-electron chi connectivity index (χ3n) is 6.42. The molecule has 35 heavy (non-hydrogen) atoms. The Balaban J connectivity index is 1.35. The van der Waals surface area contributed by atoms with Crippen molar-refractivity contribution in [2.45, 2.75) is 44.6 Å². The Morgan fingerprint density at radius 2 is 1.80 bits per heavy atom. The van der Waals surface area contributed by atoms with Crippen LogP contribution in [-0.2, 0) is 14.8 Å². The van der Waals surface area contributed by atoms with Gasteiger partial charge in [0.1, 0.15) is 12.4 Å². The fourth-order valence-electron chi connectivity index (χ4n) is 4.20. The molecule has 1 aliphatic heterocycles. The Morgan fingerprint density at radius 1 is 1.06 bits per heavy atom. The van der Waals surface area contributed by atoms with Crippen LogP contribution in [0.15, 0.2) is 42.5 Å². The third-order valence-corrected chi connectivity index (χ3v) is 8.48. The number of ether oxygens (including phenoxy) is 3. The maximum atomic E-state index is 13.0. The minimum absolute atomic E-state index is 0.0882. The molecule has 1 saturated heterocycles. The van der Waals surface area contributed by atoms with Crippen LogP contribution in [0.5, 0.6) is 17.2 Å². The van der Waals surface area contributed by atoms with Crippen molar-refractivity contribution in [2.24, 2.45) is 0 Å².